The highest BCUT2D eigenvalue weighted by Crippen LogP contribution is 2.17. The number of hydrogen-bond donors (Lipinski definition) is 0. The lowest BCUT2D eigenvalue weighted by Crippen LogP contribution is -2.25. The minimum atomic E-state index is -2.85. The summed E-state index contributed by atoms with van der Waals surface area (Å²) in [7, 11) is 3.78. The van der Waals surface area contributed by atoms with Crippen molar-refractivity contribution in [1.82, 2.24) is 4.90 Å². The maximum Gasteiger partial charge on any atom is 0.387 e. The van der Waals surface area contributed by atoms with Crippen LogP contribution in [0.5, 0.6) is 5.75 Å². The lowest BCUT2D eigenvalue weighted by atomic mass is 9.99. The lowest BCUT2D eigenvalue weighted by Gasteiger charge is -2.15. The van der Waals surface area contributed by atoms with Crippen molar-refractivity contribution in [3.8, 4) is 5.75 Å². The van der Waals surface area contributed by atoms with Gasteiger partial charge < -0.3 is 9.64 Å². The molecule has 0 bridgehead atoms. The molecule has 3 nitrogen and oxygen atoms in total. The van der Waals surface area contributed by atoms with E-state index in [1.165, 1.54) is 24.3 Å². The third-order valence-electron chi connectivity index (χ3n) is 2.45. The van der Waals surface area contributed by atoms with Gasteiger partial charge >= 0.3 is 6.61 Å². The molecule has 1 aromatic carbocycles. The van der Waals surface area contributed by atoms with Crippen molar-refractivity contribution in [1.29, 1.82) is 0 Å². The Bertz CT molecular complexity index is 396. The average Bonchev–Trinajstić information content (AvgIpc) is 2.27. The summed E-state index contributed by atoms with van der Waals surface area (Å²) in [5.41, 5.74) is 0.506. The van der Waals surface area contributed by atoms with E-state index < -0.39 is 6.61 Å². The van der Waals surface area contributed by atoms with Gasteiger partial charge in [0.1, 0.15) is 5.75 Å². The molecule has 0 saturated carbocycles. The summed E-state index contributed by atoms with van der Waals surface area (Å²) < 4.78 is 28.1. The number of carbonyl (C=O) groups is 1. The molecule has 19 heavy (non-hydrogen) atoms. The smallest absolute Gasteiger partial charge is 0.387 e. The first-order valence-electron chi connectivity index (χ1n) is 5.64. The first-order chi connectivity index (χ1) is 8.40. The Hall–Kier alpha value is -1.20. The van der Waals surface area contributed by atoms with Gasteiger partial charge in [-0.05, 0) is 38.4 Å². The summed E-state index contributed by atoms with van der Waals surface area (Å²) >= 11 is 0. The van der Waals surface area contributed by atoms with Gasteiger partial charge in [-0.25, -0.2) is 0 Å². The third-order valence-corrected chi connectivity index (χ3v) is 2.45. The summed E-state index contributed by atoms with van der Waals surface area (Å²) in [5.74, 6) is -0.0871. The average molecular weight is 294 g/mol. The topological polar surface area (TPSA) is 29.5 Å². The van der Waals surface area contributed by atoms with E-state index in [0.29, 0.717) is 12.1 Å². The summed E-state index contributed by atoms with van der Waals surface area (Å²) in [5, 5.41) is 0. The molecule has 1 aromatic rings. The first kappa shape index (κ1) is 17.8. The number of ketones is 1. The molecule has 0 aromatic heterocycles. The van der Waals surface area contributed by atoms with Crippen LogP contribution in [-0.4, -0.2) is 37.9 Å². The van der Waals surface area contributed by atoms with Gasteiger partial charge in [0.2, 0.25) is 0 Å². The van der Waals surface area contributed by atoms with Crippen molar-refractivity contribution in [3.63, 3.8) is 0 Å². The molecule has 108 valence electrons. The molecular formula is C13H18ClF2NO2. The van der Waals surface area contributed by atoms with Crippen LogP contribution < -0.4 is 4.74 Å². The molecule has 1 rings (SSSR count). The molecule has 0 aliphatic rings. The number of Topliss-reactive ketones (excluding diaryl/α,β-unsaturated/α-hetero) is 1. The maximum atomic E-state index is 12.0. The standard InChI is InChI=1S/C13H17F2NO2.ClH/c1-9(8-16(2)3)12(17)10-4-6-11(7-5-10)18-13(14)15;/h4-7,9,13H,8H2,1-3H3;1H. The van der Waals surface area contributed by atoms with Gasteiger partial charge in [-0.15, -0.1) is 12.4 Å². The third kappa shape index (κ3) is 5.98. The molecule has 0 aliphatic carbocycles. The van der Waals surface area contributed by atoms with Crippen LogP contribution in [0, 0.1) is 5.92 Å². The molecule has 0 fully saturated rings. The minimum Gasteiger partial charge on any atom is -0.435 e. The second-order valence-corrected chi connectivity index (χ2v) is 4.43. The summed E-state index contributed by atoms with van der Waals surface area (Å²) in [6, 6.07) is 5.77. The van der Waals surface area contributed by atoms with Gasteiger partial charge in [-0.2, -0.15) is 8.78 Å². The first-order valence-corrected chi connectivity index (χ1v) is 5.64. The highest BCUT2D eigenvalue weighted by Gasteiger charge is 2.16. The Balaban J connectivity index is 0.00000324. The largest absolute Gasteiger partial charge is 0.435 e. The Morgan fingerprint density at radius 1 is 1.26 bits per heavy atom. The fourth-order valence-electron chi connectivity index (χ4n) is 1.72. The molecule has 6 heteroatoms. The number of hydrogen-bond acceptors (Lipinski definition) is 3. The van der Waals surface area contributed by atoms with Crippen LogP contribution in [0.15, 0.2) is 24.3 Å². The SMILES string of the molecule is CC(CN(C)C)C(=O)c1ccc(OC(F)F)cc1.Cl. The van der Waals surface area contributed by atoms with Crippen LogP contribution in [0.4, 0.5) is 8.78 Å². The number of carbonyl (C=O) groups excluding carboxylic acids is 1. The molecule has 0 saturated heterocycles. The van der Waals surface area contributed by atoms with E-state index in [4.69, 9.17) is 0 Å². The number of nitrogens with zero attached hydrogens (tertiary/aromatic N) is 1. The van der Waals surface area contributed by atoms with Crippen LogP contribution in [0.1, 0.15) is 17.3 Å². The van der Waals surface area contributed by atoms with Gasteiger partial charge in [0.15, 0.2) is 5.78 Å². The van der Waals surface area contributed by atoms with Crippen molar-refractivity contribution >= 4 is 18.2 Å². The number of ether oxygens (including phenoxy) is 1. The number of rotatable bonds is 6. The fourth-order valence-corrected chi connectivity index (χ4v) is 1.72. The summed E-state index contributed by atoms with van der Waals surface area (Å²) in [4.78, 5) is 13.9. The number of benzene rings is 1. The van der Waals surface area contributed by atoms with E-state index in [2.05, 4.69) is 4.74 Å². The molecule has 0 spiro atoms. The Morgan fingerprint density at radius 2 is 1.79 bits per heavy atom. The zero-order valence-corrected chi connectivity index (χ0v) is 11.9. The molecule has 0 amide bonds. The van der Waals surface area contributed by atoms with Crippen molar-refractivity contribution in [2.45, 2.75) is 13.5 Å². The van der Waals surface area contributed by atoms with E-state index in [1.54, 1.807) is 0 Å². The summed E-state index contributed by atoms with van der Waals surface area (Å²) in [6.07, 6.45) is 0. The predicted octanol–water partition coefficient (Wildman–Crippen LogP) is 3.09. The number of alkyl halides is 2. The second kappa shape index (κ2) is 8.07. The van der Waals surface area contributed by atoms with Gasteiger partial charge in [0, 0.05) is 18.0 Å². The monoisotopic (exact) mass is 293 g/mol. The van der Waals surface area contributed by atoms with Crippen molar-refractivity contribution < 1.29 is 18.3 Å². The molecule has 0 aliphatic heterocycles. The van der Waals surface area contributed by atoms with E-state index in [9.17, 15) is 13.6 Å². The van der Waals surface area contributed by atoms with Crippen molar-refractivity contribution in [3.05, 3.63) is 29.8 Å². The Morgan fingerprint density at radius 3 is 2.21 bits per heavy atom. The lowest BCUT2D eigenvalue weighted by molar-refractivity contribution is -0.0498. The molecule has 1 atom stereocenters. The Labute approximate surface area is 118 Å². The Kier molecular flexibility index (Phi) is 7.56. The summed E-state index contributed by atoms with van der Waals surface area (Å²) in [6.45, 7) is -0.362. The van der Waals surface area contributed by atoms with Gasteiger partial charge in [0.05, 0.1) is 0 Å². The van der Waals surface area contributed by atoms with Gasteiger partial charge in [-0.1, -0.05) is 6.92 Å². The second-order valence-electron chi connectivity index (χ2n) is 4.43. The van der Waals surface area contributed by atoms with Crippen LogP contribution in [0.2, 0.25) is 0 Å². The molecule has 0 N–H and O–H groups in total. The molecular weight excluding hydrogens is 276 g/mol. The fraction of sp³-hybridized carbons (Fsp3) is 0.462. The van der Waals surface area contributed by atoms with Crippen molar-refractivity contribution in [2.24, 2.45) is 5.92 Å². The van der Waals surface area contributed by atoms with Crippen LogP contribution in [0.25, 0.3) is 0 Å². The van der Waals surface area contributed by atoms with Crippen LogP contribution >= 0.6 is 12.4 Å². The zero-order valence-electron chi connectivity index (χ0n) is 11.1. The molecule has 0 radical (unpaired) electrons. The van der Waals surface area contributed by atoms with Crippen molar-refractivity contribution in [2.75, 3.05) is 20.6 Å². The van der Waals surface area contributed by atoms with E-state index in [0.717, 1.165) is 0 Å². The molecule has 1 unspecified atom stereocenters. The van der Waals surface area contributed by atoms with Crippen LogP contribution in [-0.2, 0) is 0 Å². The predicted molar refractivity (Wildman–Crippen MR) is 72.4 cm³/mol. The molecule has 0 heterocycles. The minimum absolute atomic E-state index is 0. The highest BCUT2D eigenvalue weighted by molar-refractivity contribution is 5.97. The highest BCUT2D eigenvalue weighted by atomic mass is 35.5. The maximum absolute atomic E-state index is 12.0. The van der Waals surface area contributed by atoms with Crippen LogP contribution in [0.3, 0.4) is 0 Å². The van der Waals surface area contributed by atoms with Gasteiger partial charge in [0.25, 0.3) is 0 Å². The van der Waals surface area contributed by atoms with E-state index in [1.807, 2.05) is 25.9 Å². The van der Waals surface area contributed by atoms with E-state index in [-0.39, 0.29) is 29.9 Å². The quantitative estimate of drug-likeness (QED) is 0.755. The zero-order chi connectivity index (χ0) is 13.7. The van der Waals surface area contributed by atoms with E-state index >= 15 is 0 Å². The number of halogens is 3. The van der Waals surface area contributed by atoms with Gasteiger partial charge in [-0.3, -0.25) is 4.79 Å². The normalized spacial score (nSPS) is 12.2.